The molecule has 1 heterocycles. The first-order valence-electron chi connectivity index (χ1n) is 7.03. The maximum atomic E-state index is 12.4. The Morgan fingerprint density at radius 2 is 2.05 bits per heavy atom. The molecule has 22 heavy (non-hydrogen) atoms. The lowest BCUT2D eigenvalue weighted by Gasteiger charge is -2.07. The number of aryl methyl sites for hydroxylation is 1. The van der Waals surface area contributed by atoms with Gasteiger partial charge in [-0.1, -0.05) is 22.0 Å². The van der Waals surface area contributed by atoms with E-state index in [1.54, 1.807) is 19.2 Å². The van der Waals surface area contributed by atoms with Crippen LogP contribution in [0.3, 0.4) is 0 Å². The second kappa shape index (κ2) is 6.22. The Morgan fingerprint density at radius 1 is 1.23 bits per heavy atom. The number of halogens is 1. The average molecular weight is 379 g/mol. The molecular formula is C16H15BrN2O2S. The molecule has 0 saturated heterocycles. The molecule has 1 aromatic heterocycles. The van der Waals surface area contributed by atoms with E-state index in [1.165, 1.54) is 16.2 Å². The van der Waals surface area contributed by atoms with Crippen molar-refractivity contribution in [2.45, 2.75) is 19.3 Å². The molecule has 0 aliphatic heterocycles. The molecule has 2 aromatic rings. The summed E-state index contributed by atoms with van der Waals surface area (Å²) in [6, 6.07) is 7.19. The van der Waals surface area contributed by atoms with E-state index >= 15 is 0 Å². The van der Waals surface area contributed by atoms with E-state index < -0.39 is 0 Å². The van der Waals surface area contributed by atoms with Crippen molar-refractivity contribution >= 4 is 44.1 Å². The van der Waals surface area contributed by atoms with E-state index in [4.69, 9.17) is 0 Å². The normalized spacial score (nSPS) is 12.8. The Hall–Kier alpha value is -1.66. The second-order valence-electron chi connectivity index (χ2n) is 5.11. The molecule has 2 amide bonds. The molecule has 0 saturated carbocycles. The molecule has 1 aliphatic carbocycles. The number of hydrogen-bond acceptors (Lipinski definition) is 3. The van der Waals surface area contributed by atoms with Gasteiger partial charge in [-0.05, 0) is 43.0 Å². The summed E-state index contributed by atoms with van der Waals surface area (Å²) in [5.41, 5.74) is 2.28. The van der Waals surface area contributed by atoms with Crippen molar-refractivity contribution in [1.29, 1.82) is 0 Å². The molecule has 0 bridgehead atoms. The van der Waals surface area contributed by atoms with Crippen LogP contribution in [0.4, 0.5) is 5.00 Å². The van der Waals surface area contributed by atoms with Gasteiger partial charge in [-0.3, -0.25) is 9.59 Å². The fraction of sp³-hybridized carbons (Fsp3) is 0.250. The molecule has 3 rings (SSSR count). The minimum absolute atomic E-state index is 0.135. The van der Waals surface area contributed by atoms with Crippen molar-refractivity contribution in [1.82, 2.24) is 5.32 Å². The predicted octanol–water partition coefficient (Wildman–Crippen LogP) is 3.61. The second-order valence-corrected chi connectivity index (χ2v) is 7.13. The van der Waals surface area contributed by atoms with Gasteiger partial charge in [-0.2, -0.15) is 0 Å². The highest BCUT2D eigenvalue weighted by Crippen LogP contribution is 2.39. The van der Waals surface area contributed by atoms with Gasteiger partial charge in [-0.15, -0.1) is 11.3 Å². The quantitative estimate of drug-likeness (QED) is 0.856. The van der Waals surface area contributed by atoms with Crippen molar-refractivity contribution in [2.75, 3.05) is 12.4 Å². The van der Waals surface area contributed by atoms with Crippen LogP contribution in [-0.2, 0) is 12.8 Å². The molecular weight excluding hydrogens is 364 g/mol. The van der Waals surface area contributed by atoms with Gasteiger partial charge in [-0.25, -0.2) is 0 Å². The van der Waals surface area contributed by atoms with Crippen LogP contribution in [0.15, 0.2) is 28.7 Å². The molecule has 6 heteroatoms. The number of carbonyl (C=O) groups excluding carboxylic acids is 2. The smallest absolute Gasteiger partial charge is 0.256 e. The minimum Gasteiger partial charge on any atom is -0.355 e. The zero-order valence-electron chi connectivity index (χ0n) is 12.0. The molecule has 0 atom stereocenters. The van der Waals surface area contributed by atoms with Gasteiger partial charge in [0, 0.05) is 22.0 Å². The number of thiophene rings is 1. The zero-order valence-corrected chi connectivity index (χ0v) is 14.4. The maximum Gasteiger partial charge on any atom is 0.256 e. The van der Waals surface area contributed by atoms with Crippen molar-refractivity contribution in [2.24, 2.45) is 0 Å². The zero-order chi connectivity index (χ0) is 15.7. The van der Waals surface area contributed by atoms with Gasteiger partial charge >= 0.3 is 0 Å². The number of amides is 2. The summed E-state index contributed by atoms with van der Waals surface area (Å²) in [6.07, 6.45) is 2.96. The van der Waals surface area contributed by atoms with E-state index in [0.717, 1.165) is 29.3 Å². The molecule has 114 valence electrons. The third kappa shape index (κ3) is 2.80. The topological polar surface area (TPSA) is 58.2 Å². The summed E-state index contributed by atoms with van der Waals surface area (Å²) < 4.78 is 0.848. The largest absolute Gasteiger partial charge is 0.355 e. The highest BCUT2D eigenvalue weighted by atomic mass is 79.9. The molecule has 1 aromatic carbocycles. The highest BCUT2D eigenvalue weighted by molar-refractivity contribution is 9.10. The summed E-state index contributed by atoms with van der Waals surface area (Å²) in [6.45, 7) is 0. The van der Waals surface area contributed by atoms with Crippen LogP contribution in [0, 0.1) is 0 Å². The summed E-state index contributed by atoms with van der Waals surface area (Å²) in [4.78, 5) is 25.8. The summed E-state index contributed by atoms with van der Waals surface area (Å²) in [5, 5.41) is 6.21. The molecule has 0 fully saturated rings. The Balaban J connectivity index is 1.92. The van der Waals surface area contributed by atoms with Crippen molar-refractivity contribution in [3.05, 3.63) is 50.3 Å². The first kappa shape index (κ1) is 15.2. The molecule has 2 N–H and O–H groups in total. The maximum absolute atomic E-state index is 12.4. The van der Waals surface area contributed by atoms with E-state index in [0.29, 0.717) is 16.1 Å². The molecule has 0 spiro atoms. The third-order valence-corrected chi connectivity index (χ3v) is 5.39. The summed E-state index contributed by atoms with van der Waals surface area (Å²) in [7, 11) is 1.61. The van der Waals surface area contributed by atoms with Crippen LogP contribution >= 0.6 is 27.3 Å². The van der Waals surface area contributed by atoms with Crippen molar-refractivity contribution in [3.63, 3.8) is 0 Å². The first-order valence-corrected chi connectivity index (χ1v) is 8.64. The predicted molar refractivity (Wildman–Crippen MR) is 91.8 cm³/mol. The van der Waals surface area contributed by atoms with Crippen LogP contribution in [0.25, 0.3) is 0 Å². The Morgan fingerprint density at radius 3 is 2.77 bits per heavy atom. The minimum atomic E-state index is -0.202. The van der Waals surface area contributed by atoms with Crippen molar-refractivity contribution in [3.8, 4) is 0 Å². The van der Waals surface area contributed by atoms with Crippen LogP contribution in [0.2, 0.25) is 0 Å². The highest BCUT2D eigenvalue weighted by Gasteiger charge is 2.27. The lowest BCUT2D eigenvalue weighted by Crippen LogP contribution is -2.21. The van der Waals surface area contributed by atoms with Gasteiger partial charge in [0.25, 0.3) is 11.8 Å². The first-order chi connectivity index (χ1) is 10.6. The van der Waals surface area contributed by atoms with E-state index in [2.05, 4.69) is 26.6 Å². The van der Waals surface area contributed by atoms with Crippen molar-refractivity contribution < 1.29 is 9.59 Å². The van der Waals surface area contributed by atoms with E-state index in [1.807, 2.05) is 12.1 Å². The SMILES string of the molecule is CNC(=O)c1c(NC(=O)c2cccc(Br)c2)sc2c1CCC2. The van der Waals surface area contributed by atoms with Gasteiger partial charge in [0.15, 0.2) is 0 Å². The van der Waals surface area contributed by atoms with Gasteiger partial charge < -0.3 is 10.6 Å². The standard InChI is InChI=1S/C16H15BrN2O2S/c1-18-15(21)13-11-6-3-7-12(11)22-16(13)19-14(20)9-4-2-5-10(17)8-9/h2,4-5,8H,3,6-7H2,1H3,(H,18,21)(H,19,20). The lowest BCUT2D eigenvalue weighted by atomic mass is 10.1. The van der Waals surface area contributed by atoms with Gasteiger partial charge in [0.05, 0.1) is 5.56 Å². The van der Waals surface area contributed by atoms with Crippen LogP contribution < -0.4 is 10.6 Å². The molecule has 1 aliphatic rings. The number of benzene rings is 1. The van der Waals surface area contributed by atoms with E-state index in [-0.39, 0.29) is 11.8 Å². The fourth-order valence-corrected chi connectivity index (χ4v) is 4.34. The number of fused-ring (bicyclic) bond motifs is 1. The summed E-state index contributed by atoms with van der Waals surface area (Å²) in [5.74, 6) is -0.338. The van der Waals surface area contributed by atoms with Crippen LogP contribution in [0.1, 0.15) is 37.6 Å². The number of rotatable bonds is 3. The summed E-state index contributed by atoms with van der Waals surface area (Å²) >= 11 is 4.87. The fourth-order valence-electron chi connectivity index (χ4n) is 2.66. The Bertz CT molecular complexity index is 755. The third-order valence-electron chi connectivity index (χ3n) is 3.69. The monoisotopic (exact) mass is 378 g/mol. The number of hydrogen-bond donors (Lipinski definition) is 2. The van der Waals surface area contributed by atoms with Crippen LogP contribution in [0.5, 0.6) is 0 Å². The molecule has 0 radical (unpaired) electrons. The van der Waals surface area contributed by atoms with Gasteiger partial charge in [0.2, 0.25) is 0 Å². The molecule has 0 unspecified atom stereocenters. The number of nitrogens with one attached hydrogen (secondary N) is 2. The van der Waals surface area contributed by atoms with Gasteiger partial charge in [0.1, 0.15) is 5.00 Å². The number of anilines is 1. The average Bonchev–Trinajstić information content (AvgIpc) is 3.07. The van der Waals surface area contributed by atoms with Crippen LogP contribution in [-0.4, -0.2) is 18.9 Å². The molecule has 4 nitrogen and oxygen atoms in total. The Kier molecular flexibility index (Phi) is 4.31. The lowest BCUT2D eigenvalue weighted by molar-refractivity contribution is 0.0963. The number of carbonyl (C=O) groups is 2. The van der Waals surface area contributed by atoms with E-state index in [9.17, 15) is 9.59 Å². The Labute approximate surface area is 141 Å².